The van der Waals surface area contributed by atoms with Crippen LogP contribution in [0, 0.1) is 0 Å². The Morgan fingerprint density at radius 1 is 0.917 bits per heavy atom. The minimum Gasteiger partial charge on any atom is -0.448 e. The topological polar surface area (TPSA) is 149 Å². The molecule has 3 amide bonds. The Morgan fingerprint density at radius 2 is 1.71 bits per heavy atom. The molecule has 1 atom stereocenters. The summed E-state index contributed by atoms with van der Waals surface area (Å²) in [5.41, 5.74) is 4.64. The highest BCUT2D eigenvalue weighted by molar-refractivity contribution is 6.01. The number of ether oxygens (including phenoxy) is 3. The van der Waals surface area contributed by atoms with Gasteiger partial charge in [-0.05, 0) is 37.9 Å². The van der Waals surface area contributed by atoms with Gasteiger partial charge in [0, 0.05) is 50.2 Å². The fourth-order valence-electron chi connectivity index (χ4n) is 5.68. The van der Waals surface area contributed by atoms with E-state index in [2.05, 4.69) is 33.2 Å². The van der Waals surface area contributed by atoms with Crippen LogP contribution in [0.3, 0.4) is 0 Å². The lowest BCUT2D eigenvalue weighted by atomic mass is 9.95. The van der Waals surface area contributed by atoms with Crippen LogP contribution < -0.4 is 20.9 Å². The number of amides is 3. The second-order valence-corrected chi connectivity index (χ2v) is 11.6. The Labute approximate surface area is 282 Å². The van der Waals surface area contributed by atoms with Gasteiger partial charge in [0.2, 0.25) is 11.8 Å². The van der Waals surface area contributed by atoms with Gasteiger partial charge in [-0.2, -0.15) is 0 Å². The number of benzene rings is 2. The number of carbonyl (C=O) groups excluding carboxylic acids is 3. The zero-order valence-corrected chi connectivity index (χ0v) is 28.3. The molecule has 0 aliphatic carbocycles. The van der Waals surface area contributed by atoms with Crippen LogP contribution in [0.15, 0.2) is 48.5 Å². The van der Waals surface area contributed by atoms with Crippen molar-refractivity contribution in [3.63, 3.8) is 0 Å². The van der Waals surface area contributed by atoms with Gasteiger partial charge in [-0.15, -0.1) is 5.10 Å². The molecule has 1 unspecified atom stereocenters. The summed E-state index contributed by atoms with van der Waals surface area (Å²) in [5.74, 6) is -0.388. The molecule has 2 aromatic carbocycles. The van der Waals surface area contributed by atoms with Gasteiger partial charge in [0.25, 0.3) is 0 Å². The van der Waals surface area contributed by atoms with E-state index in [1.165, 1.54) is 0 Å². The van der Waals surface area contributed by atoms with Gasteiger partial charge in [-0.1, -0.05) is 61.0 Å². The largest absolute Gasteiger partial charge is 0.448 e. The van der Waals surface area contributed by atoms with E-state index in [1.807, 2.05) is 55.6 Å². The number of carbonyl (C=O) groups is 3. The van der Waals surface area contributed by atoms with Gasteiger partial charge in [0.1, 0.15) is 12.3 Å². The maximum absolute atomic E-state index is 13.7. The standard InChI is InChI=1S/C35H49N7O6/c1-4-27(36-2)12-9-10-18-38-35(45)48-22-20-42-34-28-13-6-5-11-26(28)25-41(30-15-8-7-14-29(30)33(34)39-40-42)32(44)17-16-31(43)37-19-21-47-24-23-46-3/h5-8,11,13-15,27,36H,4,9-10,12,16-25H2,1-3H3,(H,37,43)(H,38,45). The molecule has 0 radical (unpaired) electrons. The summed E-state index contributed by atoms with van der Waals surface area (Å²) < 4.78 is 17.6. The minimum absolute atomic E-state index is 0.0427. The van der Waals surface area contributed by atoms with Gasteiger partial charge in [-0.3, -0.25) is 9.59 Å². The SMILES string of the molecule is CCC(CCCCNC(=O)OCCn1nnc2c1-c1ccccc1CN(C(=O)CCC(=O)NCCOCCOC)c1ccccc1-2)NC. The van der Waals surface area contributed by atoms with Crippen LogP contribution in [0.25, 0.3) is 22.5 Å². The van der Waals surface area contributed by atoms with Crippen molar-refractivity contribution in [1.82, 2.24) is 30.9 Å². The molecule has 4 rings (SSSR count). The first kappa shape index (κ1) is 36.5. The summed E-state index contributed by atoms with van der Waals surface area (Å²) >= 11 is 0. The van der Waals surface area contributed by atoms with Crippen molar-refractivity contribution in [3.8, 4) is 22.5 Å². The minimum atomic E-state index is -0.456. The first-order valence-electron chi connectivity index (χ1n) is 16.8. The molecule has 0 saturated carbocycles. The van der Waals surface area contributed by atoms with Crippen LogP contribution in [0.4, 0.5) is 10.5 Å². The van der Waals surface area contributed by atoms with E-state index in [0.717, 1.165) is 48.1 Å². The first-order chi connectivity index (χ1) is 23.5. The Morgan fingerprint density at radius 3 is 2.50 bits per heavy atom. The number of aromatic nitrogens is 3. The number of anilines is 1. The summed E-state index contributed by atoms with van der Waals surface area (Å²) in [6, 6.07) is 15.9. The zero-order chi connectivity index (χ0) is 34.1. The van der Waals surface area contributed by atoms with E-state index in [1.54, 1.807) is 16.7 Å². The fraction of sp³-hybridized carbons (Fsp3) is 0.514. The number of para-hydroxylation sites is 1. The van der Waals surface area contributed by atoms with E-state index in [-0.39, 0.29) is 31.3 Å². The van der Waals surface area contributed by atoms with Gasteiger partial charge in [-0.25, -0.2) is 9.48 Å². The quantitative estimate of drug-likeness (QED) is 0.162. The number of nitrogens with one attached hydrogen (secondary N) is 3. The highest BCUT2D eigenvalue weighted by Crippen LogP contribution is 2.41. The molecule has 13 heteroatoms. The summed E-state index contributed by atoms with van der Waals surface area (Å²) in [6.45, 7) is 5.14. The Balaban J connectivity index is 1.41. The van der Waals surface area contributed by atoms with E-state index in [4.69, 9.17) is 14.2 Å². The first-order valence-corrected chi connectivity index (χ1v) is 16.8. The number of hydrogen-bond donors (Lipinski definition) is 3. The molecule has 0 bridgehead atoms. The molecular formula is C35H49N7O6. The van der Waals surface area contributed by atoms with Gasteiger partial charge in [0.15, 0.2) is 0 Å². The third kappa shape index (κ3) is 10.3. The summed E-state index contributed by atoms with van der Waals surface area (Å²) in [7, 11) is 3.58. The van der Waals surface area contributed by atoms with E-state index >= 15 is 0 Å². The van der Waals surface area contributed by atoms with Crippen molar-refractivity contribution in [2.75, 3.05) is 58.6 Å². The molecule has 0 saturated heterocycles. The average Bonchev–Trinajstić information content (AvgIpc) is 3.51. The highest BCUT2D eigenvalue weighted by atomic mass is 16.5. The average molecular weight is 664 g/mol. The molecule has 3 aromatic rings. The summed E-state index contributed by atoms with van der Waals surface area (Å²) in [4.78, 5) is 40.2. The normalized spacial score (nSPS) is 12.6. The number of hydrogen-bond acceptors (Lipinski definition) is 9. The molecule has 1 aliphatic rings. The number of unbranched alkanes of at least 4 members (excludes halogenated alkanes) is 1. The molecule has 1 aliphatic heterocycles. The van der Waals surface area contributed by atoms with Crippen molar-refractivity contribution >= 4 is 23.6 Å². The molecule has 1 aromatic heterocycles. The summed E-state index contributed by atoms with van der Waals surface area (Å²) in [6.07, 6.45) is 3.71. The van der Waals surface area contributed by atoms with Crippen molar-refractivity contribution in [1.29, 1.82) is 0 Å². The van der Waals surface area contributed by atoms with Gasteiger partial charge in [0.05, 0.1) is 44.3 Å². The Hall–Kier alpha value is -4.33. The lowest BCUT2D eigenvalue weighted by Gasteiger charge is -2.28. The third-order valence-corrected chi connectivity index (χ3v) is 8.34. The van der Waals surface area contributed by atoms with Crippen LogP contribution in [-0.4, -0.2) is 92.6 Å². The Bertz CT molecular complexity index is 1480. The number of fused-ring (bicyclic) bond motifs is 5. The molecule has 2 heterocycles. The third-order valence-electron chi connectivity index (χ3n) is 8.34. The van der Waals surface area contributed by atoms with Gasteiger partial charge < -0.3 is 35.1 Å². The maximum atomic E-state index is 13.7. The number of rotatable bonds is 19. The summed E-state index contributed by atoms with van der Waals surface area (Å²) in [5, 5.41) is 17.9. The second kappa shape index (κ2) is 19.5. The monoisotopic (exact) mass is 663 g/mol. The number of methoxy groups -OCH3 is 1. The fourth-order valence-corrected chi connectivity index (χ4v) is 5.68. The molecule has 260 valence electrons. The van der Waals surface area contributed by atoms with E-state index in [0.29, 0.717) is 63.4 Å². The predicted molar refractivity (Wildman–Crippen MR) is 183 cm³/mol. The molecule has 48 heavy (non-hydrogen) atoms. The molecular weight excluding hydrogens is 614 g/mol. The second-order valence-electron chi connectivity index (χ2n) is 11.6. The van der Waals surface area contributed by atoms with Crippen LogP contribution in [0.1, 0.15) is 51.0 Å². The van der Waals surface area contributed by atoms with Crippen molar-refractivity contribution in [2.24, 2.45) is 0 Å². The predicted octanol–water partition coefficient (Wildman–Crippen LogP) is 3.91. The van der Waals surface area contributed by atoms with Crippen molar-refractivity contribution < 1.29 is 28.6 Å². The molecule has 13 nitrogen and oxygen atoms in total. The maximum Gasteiger partial charge on any atom is 0.407 e. The van der Waals surface area contributed by atoms with Gasteiger partial charge >= 0.3 is 6.09 Å². The van der Waals surface area contributed by atoms with Crippen molar-refractivity contribution in [3.05, 3.63) is 54.1 Å². The lowest BCUT2D eigenvalue weighted by Crippen LogP contribution is -2.34. The van der Waals surface area contributed by atoms with Crippen molar-refractivity contribution in [2.45, 2.75) is 64.6 Å². The molecule has 0 spiro atoms. The van der Waals surface area contributed by atoms with E-state index < -0.39 is 6.09 Å². The smallest absolute Gasteiger partial charge is 0.407 e. The van der Waals surface area contributed by atoms with Crippen LogP contribution in [-0.2, 0) is 36.9 Å². The molecule has 3 N–H and O–H groups in total. The van der Waals surface area contributed by atoms with Crippen LogP contribution in [0.5, 0.6) is 0 Å². The zero-order valence-electron chi connectivity index (χ0n) is 28.3. The van der Waals surface area contributed by atoms with E-state index in [9.17, 15) is 14.4 Å². The molecule has 0 fully saturated rings. The number of nitrogens with zero attached hydrogens (tertiary/aromatic N) is 4. The Kier molecular flexibility index (Phi) is 14.8. The van der Waals surface area contributed by atoms with Crippen LogP contribution >= 0.6 is 0 Å². The highest BCUT2D eigenvalue weighted by Gasteiger charge is 2.29. The number of alkyl carbamates (subject to hydrolysis) is 1. The lowest BCUT2D eigenvalue weighted by molar-refractivity contribution is -0.125. The van der Waals surface area contributed by atoms with Crippen LogP contribution in [0.2, 0.25) is 0 Å².